The fourth-order valence-corrected chi connectivity index (χ4v) is 1.16. The van der Waals surface area contributed by atoms with Gasteiger partial charge in [0.1, 0.15) is 5.69 Å². The maximum absolute atomic E-state index is 11.1. The minimum atomic E-state index is -0.390. The fourth-order valence-electron chi connectivity index (χ4n) is 1.16. The molecule has 0 atom stereocenters. The smallest absolute Gasteiger partial charge is 0.289 e. The fraction of sp³-hybridized carbons (Fsp3) is 0. The monoisotopic (exact) mass is 191 g/mol. The van der Waals surface area contributed by atoms with Crippen molar-refractivity contribution in [2.75, 3.05) is 11.5 Å². The second-order valence-corrected chi connectivity index (χ2v) is 2.78. The molecule has 0 amide bonds. The van der Waals surface area contributed by atoms with Crippen LogP contribution in [0.1, 0.15) is 0 Å². The second-order valence-electron chi connectivity index (χ2n) is 2.78. The van der Waals surface area contributed by atoms with Crippen molar-refractivity contribution in [3.8, 4) is 5.69 Å². The lowest BCUT2D eigenvalue weighted by molar-refractivity contribution is 0.871. The normalized spacial score (nSPS) is 10.3. The number of H-pyrrole nitrogens is 1. The number of nitrogens with one attached hydrogen (secondary N) is 1. The van der Waals surface area contributed by atoms with Gasteiger partial charge in [0.2, 0.25) is 0 Å². The summed E-state index contributed by atoms with van der Waals surface area (Å²) in [5, 5.41) is 2.51. The van der Waals surface area contributed by atoms with Crippen LogP contribution < -0.4 is 17.0 Å². The maximum atomic E-state index is 11.1. The summed E-state index contributed by atoms with van der Waals surface area (Å²) in [4.78, 5) is 15.0. The van der Waals surface area contributed by atoms with E-state index in [1.807, 2.05) is 0 Å². The summed E-state index contributed by atoms with van der Waals surface area (Å²) in [6.45, 7) is 0. The van der Waals surface area contributed by atoms with Crippen LogP contribution in [-0.4, -0.2) is 14.8 Å². The molecule has 6 nitrogen and oxygen atoms in total. The van der Waals surface area contributed by atoms with Crippen molar-refractivity contribution in [1.29, 1.82) is 0 Å². The van der Waals surface area contributed by atoms with Crippen LogP contribution in [0.15, 0.2) is 29.3 Å². The lowest BCUT2D eigenvalue weighted by atomic mass is 10.4. The van der Waals surface area contributed by atoms with Crippen molar-refractivity contribution in [2.45, 2.75) is 0 Å². The number of nitrogens with zero attached hydrogens (tertiary/aromatic N) is 2. The van der Waals surface area contributed by atoms with Gasteiger partial charge in [0, 0.05) is 12.4 Å². The van der Waals surface area contributed by atoms with Crippen molar-refractivity contribution in [3.05, 3.63) is 34.9 Å². The molecule has 6 heteroatoms. The Kier molecular flexibility index (Phi) is 1.74. The molecule has 0 fully saturated rings. The van der Waals surface area contributed by atoms with Crippen molar-refractivity contribution >= 4 is 11.5 Å². The molecular formula is C8H9N5O. The third-order valence-corrected chi connectivity index (χ3v) is 1.90. The molecule has 0 unspecified atom stereocenters. The maximum Gasteiger partial charge on any atom is 0.289 e. The number of nitrogen functional groups attached to an aromatic ring is 2. The summed E-state index contributed by atoms with van der Waals surface area (Å²) in [6.07, 6.45) is 3.20. The molecule has 0 aliphatic carbocycles. The minimum Gasteiger partial charge on any atom is -0.391 e. The first-order valence-electron chi connectivity index (χ1n) is 3.96. The zero-order chi connectivity index (χ0) is 10.1. The van der Waals surface area contributed by atoms with Gasteiger partial charge >= 0.3 is 0 Å². The van der Waals surface area contributed by atoms with Crippen LogP contribution in [0.25, 0.3) is 5.69 Å². The first-order chi connectivity index (χ1) is 6.70. The predicted molar refractivity (Wildman–Crippen MR) is 53.0 cm³/mol. The topological polar surface area (TPSA) is 103 Å². The second kappa shape index (κ2) is 2.91. The first kappa shape index (κ1) is 8.36. The molecule has 0 radical (unpaired) electrons. The van der Waals surface area contributed by atoms with Crippen molar-refractivity contribution in [3.63, 3.8) is 0 Å². The van der Waals surface area contributed by atoms with Crippen LogP contribution in [0.2, 0.25) is 0 Å². The van der Waals surface area contributed by atoms with Gasteiger partial charge in [-0.25, -0.2) is 4.68 Å². The van der Waals surface area contributed by atoms with E-state index >= 15 is 0 Å². The summed E-state index contributed by atoms with van der Waals surface area (Å²) < 4.78 is 1.42. The van der Waals surface area contributed by atoms with E-state index in [0.29, 0.717) is 5.69 Å². The molecule has 2 aromatic heterocycles. The van der Waals surface area contributed by atoms with E-state index in [1.165, 1.54) is 4.68 Å². The van der Waals surface area contributed by atoms with Crippen LogP contribution in [-0.2, 0) is 0 Å². The number of hydrogen-bond acceptors (Lipinski definition) is 4. The van der Waals surface area contributed by atoms with E-state index in [2.05, 4.69) is 10.1 Å². The number of hydrogen-bond donors (Lipinski definition) is 3. The number of nitrogens with two attached hydrogens (primary N) is 2. The van der Waals surface area contributed by atoms with Gasteiger partial charge in [-0.1, -0.05) is 0 Å². The van der Waals surface area contributed by atoms with Gasteiger partial charge in [0.15, 0.2) is 5.82 Å². The number of rotatable bonds is 1. The van der Waals surface area contributed by atoms with Crippen LogP contribution in [0.3, 0.4) is 0 Å². The Hall–Kier alpha value is -2.24. The summed E-state index contributed by atoms with van der Waals surface area (Å²) in [6, 6.07) is 3.43. The van der Waals surface area contributed by atoms with E-state index < -0.39 is 0 Å². The van der Waals surface area contributed by atoms with Crippen molar-refractivity contribution in [1.82, 2.24) is 14.8 Å². The van der Waals surface area contributed by atoms with Gasteiger partial charge in [0.05, 0.1) is 5.69 Å². The van der Waals surface area contributed by atoms with E-state index in [-0.39, 0.29) is 17.1 Å². The molecule has 2 rings (SSSR count). The lowest BCUT2D eigenvalue weighted by Gasteiger charge is -2.03. The zero-order valence-electron chi connectivity index (χ0n) is 7.27. The van der Waals surface area contributed by atoms with Gasteiger partial charge in [-0.3, -0.25) is 14.9 Å². The largest absolute Gasteiger partial charge is 0.391 e. The first-order valence-corrected chi connectivity index (χ1v) is 3.96. The zero-order valence-corrected chi connectivity index (χ0v) is 7.27. The molecule has 14 heavy (non-hydrogen) atoms. The molecule has 5 N–H and O–H groups in total. The van der Waals surface area contributed by atoms with Crippen molar-refractivity contribution in [2.24, 2.45) is 0 Å². The molecule has 0 spiro atoms. The highest BCUT2D eigenvalue weighted by atomic mass is 16.1. The molecule has 0 saturated heterocycles. The molecule has 2 aromatic rings. The van der Waals surface area contributed by atoms with Gasteiger partial charge in [-0.05, 0) is 12.1 Å². The number of aromatic amines is 1. The standard InChI is InChI=1S/C8H9N5O/c9-6-7(10)13(12-8(6)14)5-1-3-11-4-2-5/h1-4H,9-10H2,(H,12,14). The average molecular weight is 191 g/mol. The Morgan fingerprint density at radius 2 is 1.93 bits per heavy atom. The lowest BCUT2D eigenvalue weighted by Crippen LogP contribution is -2.06. The SMILES string of the molecule is Nc1c(N)n(-c2ccncc2)[nH]c1=O. The van der Waals surface area contributed by atoms with Gasteiger partial charge in [-0.2, -0.15) is 0 Å². The predicted octanol–water partition coefficient (Wildman–Crippen LogP) is -0.275. The quantitative estimate of drug-likeness (QED) is 0.577. The summed E-state index contributed by atoms with van der Waals surface area (Å²) in [7, 11) is 0. The Balaban J connectivity index is 2.64. The third-order valence-electron chi connectivity index (χ3n) is 1.90. The van der Waals surface area contributed by atoms with E-state index in [0.717, 1.165) is 0 Å². The molecule has 72 valence electrons. The molecule has 0 bridgehead atoms. The molecule has 0 aromatic carbocycles. The van der Waals surface area contributed by atoms with Crippen LogP contribution in [0.5, 0.6) is 0 Å². The Morgan fingerprint density at radius 1 is 1.29 bits per heavy atom. The Morgan fingerprint density at radius 3 is 2.43 bits per heavy atom. The van der Waals surface area contributed by atoms with Gasteiger partial charge in [-0.15, -0.1) is 0 Å². The highest BCUT2D eigenvalue weighted by Gasteiger charge is 2.08. The van der Waals surface area contributed by atoms with E-state index in [4.69, 9.17) is 11.5 Å². The minimum absolute atomic E-state index is 0.0295. The average Bonchev–Trinajstić information content (AvgIpc) is 2.47. The van der Waals surface area contributed by atoms with E-state index in [9.17, 15) is 4.79 Å². The van der Waals surface area contributed by atoms with Crippen LogP contribution >= 0.6 is 0 Å². The number of aromatic nitrogens is 3. The molecule has 2 heterocycles. The molecule has 0 saturated carbocycles. The van der Waals surface area contributed by atoms with Gasteiger partial charge in [0.25, 0.3) is 5.56 Å². The number of pyridine rings is 1. The van der Waals surface area contributed by atoms with Crippen LogP contribution in [0, 0.1) is 0 Å². The summed E-state index contributed by atoms with van der Waals surface area (Å²) >= 11 is 0. The molecule has 0 aliphatic rings. The highest BCUT2D eigenvalue weighted by molar-refractivity contribution is 5.60. The molecular weight excluding hydrogens is 182 g/mol. The third kappa shape index (κ3) is 1.13. The number of anilines is 2. The van der Waals surface area contributed by atoms with Crippen molar-refractivity contribution < 1.29 is 0 Å². The summed E-state index contributed by atoms with van der Waals surface area (Å²) in [5.74, 6) is 0.209. The van der Waals surface area contributed by atoms with Crippen LogP contribution in [0.4, 0.5) is 11.5 Å². The Labute approximate surface area is 79.2 Å². The van der Waals surface area contributed by atoms with Gasteiger partial charge < -0.3 is 11.5 Å². The summed E-state index contributed by atoms with van der Waals surface area (Å²) in [5.41, 5.74) is 11.4. The Bertz CT molecular complexity index is 498. The highest BCUT2D eigenvalue weighted by Crippen LogP contribution is 2.13. The van der Waals surface area contributed by atoms with E-state index in [1.54, 1.807) is 24.5 Å². The molecule has 0 aliphatic heterocycles.